The molecule has 0 fully saturated rings. The second-order valence-corrected chi connectivity index (χ2v) is 2.83. The summed E-state index contributed by atoms with van der Waals surface area (Å²) in [6.45, 7) is -2.81. The zero-order valence-corrected chi connectivity index (χ0v) is 6.95. The first-order valence-corrected chi connectivity index (χ1v) is 3.88. The largest absolute Gasteiger partial charge is 0.415 e. The van der Waals surface area contributed by atoms with Crippen LogP contribution in [-0.2, 0) is 0 Å². The zero-order chi connectivity index (χ0) is 7.56. The van der Waals surface area contributed by atoms with Crippen LogP contribution in [0.15, 0.2) is 9.85 Å². The van der Waals surface area contributed by atoms with Crippen molar-refractivity contribution in [3.8, 4) is 5.88 Å². The minimum atomic E-state index is -2.81. The molecule has 0 N–H and O–H groups in total. The minimum Gasteiger partial charge on any atom is -0.415 e. The van der Waals surface area contributed by atoms with Crippen molar-refractivity contribution in [1.82, 2.24) is 4.37 Å². The number of rotatable bonds is 2. The van der Waals surface area contributed by atoms with Crippen LogP contribution < -0.4 is 4.74 Å². The summed E-state index contributed by atoms with van der Waals surface area (Å²) in [4.78, 5) is 0. The molecule has 0 radical (unpaired) electrons. The molecule has 0 aliphatic carbocycles. The Morgan fingerprint density at radius 3 is 2.80 bits per heavy atom. The molecule has 1 heterocycles. The summed E-state index contributed by atoms with van der Waals surface area (Å²) < 4.78 is 31.0. The number of alkyl halides is 2. The van der Waals surface area contributed by atoms with Crippen LogP contribution in [0.1, 0.15) is 0 Å². The van der Waals surface area contributed by atoms with Gasteiger partial charge in [-0.25, -0.2) is 0 Å². The number of hydrogen-bond donors (Lipinski definition) is 0. The Kier molecular flexibility index (Phi) is 2.56. The molecule has 1 rings (SSSR count). The Hall–Kier alpha value is -0.230. The van der Waals surface area contributed by atoms with Gasteiger partial charge in [0.1, 0.15) is 0 Å². The molecule has 1 aromatic heterocycles. The fourth-order valence-electron chi connectivity index (χ4n) is 0.377. The number of halogens is 3. The standard InChI is InChI=1S/C4H2BrF2NOS/c5-2-1-10-8-3(2)9-4(6)7/h1,4H. The van der Waals surface area contributed by atoms with Crippen molar-refractivity contribution in [2.24, 2.45) is 0 Å². The van der Waals surface area contributed by atoms with Crippen LogP contribution in [0.4, 0.5) is 8.78 Å². The van der Waals surface area contributed by atoms with Gasteiger partial charge in [0.05, 0.1) is 4.47 Å². The first-order valence-electron chi connectivity index (χ1n) is 2.25. The van der Waals surface area contributed by atoms with Crippen molar-refractivity contribution in [2.75, 3.05) is 0 Å². The van der Waals surface area contributed by atoms with E-state index >= 15 is 0 Å². The van der Waals surface area contributed by atoms with Gasteiger partial charge in [-0.05, 0) is 27.5 Å². The Balaban J connectivity index is 2.65. The highest BCUT2D eigenvalue weighted by Gasteiger charge is 2.09. The van der Waals surface area contributed by atoms with E-state index in [2.05, 4.69) is 25.0 Å². The summed E-state index contributed by atoms with van der Waals surface area (Å²) in [6.07, 6.45) is 0. The average Bonchev–Trinajstić information content (AvgIpc) is 2.15. The maximum Gasteiger partial charge on any atom is 0.388 e. The number of hydrogen-bond acceptors (Lipinski definition) is 3. The molecular weight excluding hydrogens is 228 g/mol. The fraction of sp³-hybridized carbons (Fsp3) is 0.250. The van der Waals surface area contributed by atoms with Crippen molar-refractivity contribution in [3.63, 3.8) is 0 Å². The van der Waals surface area contributed by atoms with Gasteiger partial charge in [0.25, 0.3) is 0 Å². The third-order valence-corrected chi connectivity index (χ3v) is 2.18. The summed E-state index contributed by atoms with van der Waals surface area (Å²) in [5.74, 6) is -0.0556. The molecule has 0 aliphatic rings. The third-order valence-electron chi connectivity index (χ3n) is 0.697. The van der Waals surface area contributed by atoms with Crippen molar-refractivity contribution < 1.29 is 13.5 Å². The minimum absolute atomic E-state index is 0.0556. The van der Waals surface area contributed by atoms with Crippen molar-refractivity contribution >= 4 is 27.5 Å². The zero-order valence-electron chi connectivity index (χ0n) is 4.55. The Bertz CT molecular complexity index is 217. The molecule has 0 spiro atoms. The lowest BCUT2D eigenvalue weighted by Gasteiger charge is -1.98. The molecule has 0 unspecified atom stereocenters. The van der Waals surface area contributed by atoms with Gasteiger partial charge in [-0.15, -0.1) is 0 Å². The van der Waals surface area contributed by atoms with Crippen LogP contribution in [-0.4, -0.2) is 11.0 Å². The molecule has 0 saturated carbocycles. The van der Waals surface area contributed by atoms with E-state index in [0.717, 1.165) is 11.5 Å². The number of nitrogens with zero attached hydrogens (tertiary/aromatic N) is 1. The van der Waals surface area contributed by atoms with E-state index in [4.69, 9.17) is 0 Å². The fourth-order valence-corrected chi connectivity index (χ4v) is 1.41. The van der Waals surface area contributed by atoms with E-state index in [0.29, 0.717) is 4.47 Å². The van der Waals surface area contributed by atoms with Gasteiger partial charge in [0.15, 0.2) is 0 Å². The van der Waals surface area contributed by atoms with Gasteiger partial charge in [-0.2, -0.15) is 13.2 Å². The summed E-state index contributed by atoms with van der Waals surface area (Å²) in [7, 11) is 0. The normalized spacial score (nSPS) is 10.4. The smallest absolute Gasteiger partial charge is 0.388 e. The van der Waals surface area contributed by atoms with Crippen LogP contribution in [0.3, 0.4) is 0 Å². The van der Waals surface area contributed by atoms with E-state index in [9.17, 15) is 8.78 Å². The second kappa shape index (κ2) is 3.25. The molecule has 0 bridgehead atoms. The lowest BCUT2D eigenvalue weighted by atomic mass is 10.7. The van der Waals surface area contributed by atoms with E-state index in [1.165, 1.54) is 0 Å². The summed E-state index contributed by atoms with van der Waals surface area (Å²) >= 11 is 4.04. The highest BCUT2D eigenvalue weighted by molar-refractivity contribution is 9.10. The van der Waals surface area contributed by atoms with Crippen molar-refractivity contribution in [3.05, 3.63) is 9.85 Å². The van der Waals surface area contributed by atoms with E-state index in [-0.39, 0.29) is 5.88 Å². The van der Waals surface area contributed by atoms with E-state index in [1.807, 2.05) is 0 Å². The summed E-state index contributed by atoms with van der Waals surface area (Å²) in [5.41, 5.74) is 0. The van der Waals surface area contributed by atoms with Crippen LogP contribution >= 0.6 is 27.5 Å². The molecule has 0 aromatic carbocycles. The molecule has 1 aromatic rings. The highest BCUT2D eigenvalue weighted by Crippen LogP contribution is 2.26. The lowest BCUT2D eigenvalue weighted by Crippen LogP contribution is -2.01. The average molecular weight is 230 g/mol. The molecule has 2 nitrogen and oxygen atoms in total. The van der Waals surface area contributed by atoms with E-state index < -0.39 is 6.61 Å². The molecule has 10 heavy (non-hydrogen) atoms. The molecule has 0 amide bonds. The van der Waals surface area contributed by atoms with Gasteiger partial charge in [0.2, 0.25) is 5.88 Å². The molecule has 0 aliphatic heterocycles. The number of aromatic nitrogens is 1. The highest BCUT2D eigenvalue weighted by atomic mass is 79.9. The lowest BCUT2D eigenvalue weighted by molar-refractivity contribution is -0.0527. The monoisotopic (exact) mass is 229 g/mol. The molecular formula is C4H2BrF2NOS. The second-order valence-electron chi connectivity index (χ2n) is 1.35. The third kappa shape index (κ3) is 1.88. The predicted molar refractivity (Wildman–Crippen MR) is 36.4 cm³/mol. The van der Waals surface area contributed by atoms with Crippen LogP contribution in [0.2, 0.25) is 0 Å². The SMILES string of the molecule is FC(F)Oc1nscc1Br. The summed E-state index contributed by atoms with van der Waals surface area (Å²) in [5, 5.41) is 1.57. The van der Waals surface area contributed by atoms with Crippen molar-refractivity contribution in [1.29, 1.82) is 0 Å². The van der Waals surface area contributed by atoms with Gasteiger partial charge in [0, 0.05) is 5.38 Å². The predicted octanol–water partition coefficient (Wildman–Crippen LogP) is 2.51. The first-order chi connectivity index (χ1) is 4.70. The van der Waals surface area contributed by atoms with Gasteiger partial charge >= 0.3 is 6.61 Å². The molecule has 0 saturated heterocycles. The number of ether oxygens (including phenoxy) is 1. The molecule has 0 atom stereocenters. The summed E-state index contributed by atoms with van der Waals surface area (Å²) in [6, 6.07) is 0. The Labute approximate surface area is 68.1 Å². The Morgan fingerprint density at radius 2 is 2.40 bits per heavy atom. The van der Waals surface area contributed by atoms with Gasteiger partial charge in [-0.3, -0.25) is 0 Å². The van der Waals surface area contributed by atoms with Gasteiger partial charge in [-0.1, -0.05) is 0 Å². The van der Waals surface area contributed by atoms with Crippen LogP contribution in [0.5, 0.6) is 5.88 Å². The van der Waals surface area contributed by atoms with Crippen LogP contribution in [0.25, 0.3) is 0 Å². The van der Waals surface area contributed by atoms with Crippen LogP contribution in [0, 0.1) is 0 Å². The molecule has 6 heteroatoms. The topological polar surface area (TPSA) is 22.1 Å². The molecule has 56 valence electrons. The van der Waals surface area contributed by atoms with E-state index in [1.54, 1.807) is 5.38 Å². The van der Waals surface area contributed by atoms with Gasteiger partial charge < -0.3 is 4.74 Å². The maximum atomic E-state index is 11.5. The van der Waals surface area contributed by atoms with Crippen molar-refractivity contribution in [2.45, 2.75) is 6.61 Å². The quantitative estimate of drug-likeness (QED) is 0.778. The first kappa shape index (κ1) is 7.87. The maximum absolute atomic E-state index is 11.5. The Morgan fingerprint density at radius 1 is 1.70 bits per heavy atom.